The molecular formula is C27H38F2O. The van der Waals surface area contributed by atoms with Gasteiger partial charge in [0.1, 0.15) is 0 Å². The van der Waals surface area contributed by atoms with Gasteiger partial charge in [-0.1, -0.05) is 31.9 Å². The maximum absolute atomic E-state index is 14.8. The fraction of sp³-hybridized carbons (Fsp3) is 0.704. The lowest BCUT2D eigenvalue weighted by molar-refractivity contribution is 0.177. The number of hydrogen-bond donors (Lipinski definition) is 0. The summed E-state index contributed by atoms with van der Waals surface area (Å²) in [5, 5.41) is 0. The molecule has 0 heterocycles. The first kappa shape index (κ1) is 21.8. The summed E-state index contributed by atoms with van der Waals surface area (Å²) in [7, 11) is 0. The lowest BCUT2D eigenvalue weighted by Gasteiger charge is -2.35. The summed E-state index contributed by atoms with van der Waals surface area (Å²) in [6.45, 7) is 6.27. The molecule has 1 nitrogen and oxygen atoms in total. The minimum atomic E-state index is -0.828. The molecule has 3 saturated carbocycles. The first-order valence-electron chi connectivity index (χ1n) is 12.4. The molecule has 0 saturated heterocycles. The van der Waals surface area contributed by atoms with Crippen molar-refractivity contribution in [1.29, 1.82) is 0 Å². The van der Waals surface area contributed by atoms with Gasteiger partial charge in [-0.3, -0.25) is 0 Å². The molecule has 4 atom stereocenters. The molecule has 0 aromatic heterocycles. The smallest absolute Gasteiger partial charge is 0.200 e. The maximum Gasteiger partial charge on any atom is 0.200 e. The predicted molar refractivity (Wildman–Crippen MR) is 119 cm³/mol. The summed E-state index contributed by atoms with van der Waals surface area (Å²) in [4.78, 5) is 0. The van der Waals surface area contributed by atoms with E-state index in [1.807, 2.05) is 0 Å². The molecule has 4 unspecified atom stereocenters. The van der Waals surface area contributed by atoms with Crippen molar-refractivity contribution in [3.63, 3.8) is 0 Å². The van der Waals surface area contributed by atoms with E-state index in [-0.39, 0.29) is 11.7 Å². The van der Waals surface area contributed by atoms with Crippen molar-refractivity contribution < 1.29 is 13.5 Å². The number of benzene rings is 1. The molecule has 3 aliphatic rings. The maximum atomic E-state index is 14.8. The lowest BCUT2D eigenvalue weighted by Crippen LogP contribution is -2.25. The van der Waals surface area contributed by atoms with Crippen LogP contribution in [0.4, 0.5) is 8.78 Å². The molecular weight excluding hydrogens is 378 g/mol. The first-order chi connectivity index (χ1) is 14.6. The van der Waals surface area contributed by atoms with Crippen LogP contribution >= 0.6 is 0 Å². The minimum Gasteiger partial charge on any atom is -0.490 e. The van der Waals surface area contributed by atoms with Crippen molar-refractivity contribution in [3.05, 3.63) is 42.0 Å². The summed E-state index contributed by atoms with van der Waals surface area (Å²) in [6.07, 6.45) is 15.1. The van der Waals surface area contributed by atoms with Gasteiger partial charge in [-0.25, -0.2) is 4.39 Å². The van der Waals surface area contributed by atoms with Crippen LogP contribution in [0.1, 0.15) is 89.0 Å². The highest BCUT2D eigenvalue weighted by Crippen LogP contribution is 2.56. The zero-order valence-corrected chi connectivity index (χ0v) is 18.6. The van der Waals surface area contributed by atoms with E-state index in [1.165, 1.54) is 51.4 Å². The third kappa shape index (κ3) is 4.32. The van der Waals surface area contributed by atoms with E-state index in [4.69, 9.17) is 4.74 Å². The highest BCUT2D eigenvalue weighted by atomic mass is 19.2. The van der Waals surface area contributed by atoms with Gasteiger partial charge in [-0.15, -0.1) is 6.58 Å². The monoisotopic (exact) mass is 416 g/mol. The van der Waals surface area contributed by atoms with Crippen molar-refractivity contribution in [2.75, 3.05) is 6.61 Å². The fourth-order valence-corrected chi connectivity index (χ4v) is 7.16. The number of ether oxygens (including phenoxy) is 1. The molecule has 30 heavy (non-hydrogen) atoms. The standard InChI is InChI=1S/C27H38F2O/c1-3-5-17-30-25-16-15-23(26(28)27(25)29)20-9-7-19(8-10-20)22-14-13-21-18(6-4-2)11-12-24(21)22/h3,15-16,18-22,24H,1,4-14,17H2,2H3. The second-order valence-electron chi connectivity index (χ2n) is 10.0. The van der Waals surface area contributed by atoms with Crippen LogP contribution in [-0.2, 0) is 0 Å². The van der Waals surface area contributed by atoms with Crippen LogP contribution in [0.3, 0.4) is 0 Å². The second kappa shape index (κ2) is 9.83. The topological polar surface area (TPSA) is 9.23 Å². The average Bonchev–Trinajstić information content (AvgIpc) is 3.35. The Hall–Kier alpha value is -1.38. The van der Waals surface area contributed by atoms with E-state index in [9.17, 15) is 8.78 Å². The average molecular weight is 417 g/mol. The van der Waals surface area contributed by atoms with E-state index in [2.05, 4.69) is 13.5 Å². The van der Waals surface area contributed by atoms with Crippen molar-refractivity contribution in [1.82, 2.24) is 0 Å². The zero-order valence-electron chi connectivity index (χ0n) is 18.6. The lowest BCUT2D eigenvalue weighted by atomic mass is 9.70. The summed E-state index contributed by atoms with van der Waals surface area (Å²) in [5.41, 5.74) is 0.551. The van der Waals surface area contributed by atoms with Crippen LogP contribution in [0.15, 0.2) is 24.8 Å². The Balaban J connectivity index is 1.35. The van der Waals surface area contributed by atoms with Gasteiger partial charge in [0.15, 0.2) is 11.6 Å². The fourth-order valence-electron chi connectivity index (χ4n) is 7.16. The summed E-state index contributed by atoms with van der Waals surface area (Å²) >= 11 is 0. The number of rotatable bonds is 8. The van der Waals surface area contributed by atoms with Crippen molar-refractivity contribution >= 4 is 0 Å². The molecule has 0 aliphatic heterocycles. The van der Waals surface area contributed by atoms with Gasteiger partial charge in [-0.2, -0.15) is 4.39 Å². The van der Waals surface area contributed by atoms with Crippen molar-refractivity contribution in [2.45, 2.75) is 83.5 Å². The molecule has 0 N–H and O–H groups in total. The minimum absolute atomic E-state index is 0.0200. The molecule has 1 aromatic rings. The van der Waals surface area contributed by atoms with Crippen LogP contribution < -0.4 is 4.74 Å². The Morgan fingerprint density at radius 1 is 0.933 bits per heavy atom. The Morgan fingerprint density at radius 3 is 2.40 bits per heavy atom. The Morgan fingerprint density at radius 2 is 1.67 bits per heavy atom. The number of fused-ring (bicyclic) bond motifs is 1. The highest BCUT2D eigenvalue weighted by molar-refractivity contribution is 5.33. The quantitative estimate of drug-likeness (QED) is 0.308. The van der Waals surface area contributed by atoms with Gasteiger partial charge in [0.05, 0.1) is 6.61 Å². The first-order valence-corrected chi connectivity index (χ1v) is 12.4. The van der Waals surface area contributed by atoms with E-state index in [1.54, 1.807) is 18.2 Å². The Kier molecular flexibility index (Phi) is 7.16. The normalized spacial score (nSPS) is 33.4. The molecule has 0 spiro atoms. The van der Waals surface area contributed by atoms with Gasteiger partial charge in [-0.05, 0) is 105 Å². The second-order valence-corrected chi connectivity index (χ2v) is 10.0. The van der Waals surface area contributed by atoms with Gasteiger partial charge in [0.25, 0.3) is 0 Å². The number of halogens is 2. The van der Waals surface area contributed by atoms with Crippen molar-refractivity contribution in [2.24, 2.45) is 29.6 Å². The molecule has 3 fully saturated rings. The Bertz CT molecular complexity index is 722. The molecule has 0 amide bonds. The molecule has 1 aromatic carbocycles. The third-order valence-corrected chi connectivity index (χ3v) is 8.54. The van der Waals surface area contributed by atoms with Crippen LogP contribution in [0, 0.1) is 41.2 Å². The van der Waals surface area contributed by atoms with Crippen LogP contribution in [0.2, 0.25) is 0 Å². The molecule has 4 rings (SSSR count). The van der Waals surface area contributed by atoms with Gasteiger partial charge in [0, 0.05) is 0 Å². The van der Waals surface area contributed by atoms with Gasteiger partial charge < -0.3 is 4.74 Å². The zero-order chi connectivity index (χ0) is 21.1. The van der Waals surface area contributed by atoms with E-state index < -0.39 is 11.6 Å². The molecule has 3 aliphatic carbocycles. The molecule has 166 valence electrons. The van der Waals surface area contributed by atoms with Gasteiger partial charge in [0.2, 0.25) is 5.82 Å². The van der Waals surface area contributed by atoms with Crippen LogP contribution in [0.5, 0.6) is 5.75 Å². The van der Waals surface area contributed by atoms with Crippen molar-refractivity contribution in [3.8, 4) is 5.75 Å². The third-order valence-electron chi connectivity index (χ3n) is 8.54. The molecule has 3 heteroatoms. The summed E-state index contributed by atoms with van der Waals surface area (Å²) < 4.78 is 34.6. The van der Waals surface area contributed by atoms with E-state index >= 15 is 0 Å². The van der Waals surface area contributed by atoms with E-state index in [0.717, 1.165) is 42.4 Å². The summed E-state index contributed by atoms with van der Waals surface area (Å²) in [6, 6.07) is 3.36. The summed E-state index contributed by atoms with van der Waals surface area (Å²) in [5.74, 6) is 3.23. The molecule has 0 bridgehead atoms. The highest BCUT2D eigenvalue weighted by Gasteiger charge is 2.47. The van der Waals surface area contributed by atoms with Crippen LogP contribution in [-0.4, -0.2) is 6.61 Å². The van der Waals surface area contributed by atoms with E-state index in [0.29, 0.717) is 18.6 Å². The van der Waals surface area contributed by atoms with Crippen LogP contribution in [0.25, 0.3) is 0 Å². The number of hydrogen-bond acceptors (Lipinski definition) is 1. The van der Waals surface area contributed by atoms with Gasteiger partial charge >= 0.3 is 0 Å². The molecule has 0 radical (unpaired) electrons. The predicted octanol–water partition coefficient (Wildman–Crippen LogP) is 8.05. The largest absolute Gasteiger partial charge is 0.490 e. The Labute approximate surface area is 181 Å². The SMILES string of the molecule is C=CCCOc1ccc(C2CCC(C3CCC4C(CCC)CCC34)CC2)c(F)c1F.